The minimum Gasteiger partial charge on any atom is -0.341 e. The van der Waals surface area contributed by atoms with Crippen LogP contribution in [0.1, 0.15) is 61.0 Å². The number of amides is 2. The molecule has 1 saturated heterocycles. The van der Waals surface area contributed by atoms with E-state index in [1.807, 2.05) is 15.9 Å². The fraction of sp³-hybridized carbons (Fsp3) is 0.619. The van der Waals surface area contributed by atoms with Crippen LogP contribution in [0, 0.1) is 5.92 Å². The Kier molecular flexibility index (Phi) is 5.77. The number of fused-ring (bicyclic) bond motifs is 1. The second-order valence-electron chi connectivity index (χ2n) is 7.82. The summed E-state index contributed by atoms with van der Waals surface area (Å²) in [5, 5.41) is 0. The SMILES string of the molecule is CC(C)CC(=O)N1CCCN(C(=O)c2ccc3c(c2)CCCC3)CC1. The summed E-state index contributed by atoms with van der Waals surface area (Å²) in [5.74, 6) is 0.716. The van der Waals surface area contributed by atoms with Crippen molar-refractivity contribution in [1.82, 2.24) is 9.80 Å². The van der Waals surface area contributed by atoms with Gasteiger partial charge in [0, 0.05) is 38.2 Å². The standard InChI is InChI=1S/C21H30N2O2/c1-16(2)14-20(24)22-10-5-11-23(13-12-22)21(25)19-9-8-17-6-3-4-7-18(17)15-19/h8-9,15-16H,3-7,10-14H2,1-2H3. The number of nitrogens with zero attached hydrogens (tertiary/aromatic N) is 2. The Hall–Kier alpha value is -1.84. The third kappa shape index (κ3) is 4.42. The van der Waals surface area contributed by atoms with Crippen molar-refractivity contribution in [2.75, 3.05) is 26.2 Å². The van der Waals surface area contributed by atoms with E-state index in [4.69, 9.17) is 0 Å². The molecule has 1 aliphatic carbocycles. The van der Waals surface area contributed by atoms with Crippen LogP contribution in [0.3, 0.4) is 0 Å². The van der Waals surface area contributed by atoms with Crippen LogP contribution in [-0.2, 0) is 17.6 Å². The molecular weight excluding hydrogens is 312 g/mol. The molecule has 0 bridgehead atoms. The van der Waals surface area contributed by atoms with E-state index in [-0.39, 0.29) is 11.8 Å². The molecule has 3 rings (SSSR count). The first-order chi connectivity index (χ1) is 12.0. The van der Waals surface area contributed by atoms with E-state index in [2.05, 4.69) is 26.0 Å². The van der Waals surface area contributed by atoms with Gasteiger partial charge in [-0.2, -0.15) is 0 Å². The maximum atomic E-state index is 12.9. The van der Waals surface area contributed by atoms with Crippen LogP contribution in [-0.4, -0.2) is 47.8 Å². The number of carbonyl (C=O) groups excluding carboxylic acids is 2. The molecule has 4 nitrogen and oxygen atoms in total. The first kappa shape index (κ1) is 18.0. The summed E-state index contributed by atoms with van der Waals surface area (Å²) < 4.78 is 0. The molecule has 0 aromatic heterocycles. The minimum atomic E-state index is 0.117. The van der Waals surface area contributed by atoms with Gasteiger partial charge in [-0.1, -0.05) is 19.9 Å². The highest BCUT2D eigenvalue weighted by atomic mass is 16.2. The number of hydrogen-bond acceptors (Lipinski definition) is 2. The lowest BCUT2D eigenvalue weighted by molar-refractivity contribution is -0.131. The zero-order chi connectivity index (χ0) is 17.8. The molecule has 0 spiro atoms. The van der Waals surface area contributed by atoms with Crippen LogP contribution in [0.2, 0.25) is 0 Å². The second kappa shape index (κ2) is 8.03. The van der Waals surface area contributed by atoms with Crippen molar-refractivity contribution < 1.29 is 9.59 Å². The smallest absolute Gasteiger partial charge is 0.253 e. The quantitative estimate of drug-likeness (QED) is 0.846. The van der Waals surface area contributed by atoms with E-state index >= 15 is 0 Å². The molecule has 0 unspecified atom stereocenters. The van der Waals surface area contributed by atoms with Crippen LogP contribution in [0.4, 0.5) is 0 Å². The fourth-order valence-corrected chi connectivity index (χ4v) is 3.90. The summed E-state index contributed by atoms with van der Waals surface area (Å²) in [6.45, 7) is 6.94. The Balaban J connectivity index is 1.64. The zero-order valence-corrected chi connectivity index (χ0v) is 15.6. The average Bonchev–Trinajstić information content (AvgIpc) is 2.86. The van der Waals surface area contributed by atoms with Crippen LogP contribution >= 0.6 is 0 Å². The number of rotatable bonds is 3. The summed E-state index contributed by atoms with van der Waals surface area (Å²) in [6, 6.07) is 6.22. The molecule has 1 heterocycles. The third-order valence-corrected chi connectivity index (χ3v) is 5.31. The van der Waals surface area contributed by atoms with E-state index in [0.717, 1.165) is 37.9 Å². The van der Waals surface area contributed by atoms with E-state index in [1.165, 1.54) is 24.0 Å². The predicted molar refractivity (Wildman–Crippen MR) is 99.6 cm³/mol. The molecular formula is C21H30N2O2. The molecule has 25 heavy (non-hydrogen) atoms. The number of benzene rings is 1. The molecule has 1 aromatic carbocycles. The van der Waals surface area contributed by atoms with Gasteiger partial charge in [0.1, 0.15) is 0 Å². The highest BCUT2D eigenvalue weighted by Crippen LogP contribution is 2.23. The van der Waals surface area contributed by atoms with Gasteiger partial charge in [-0.25, -0.2) is 0 Å². The maximum absolute atomic E-state index is 12.9. The monoisotopic (exact) mass is 342 g/mol. The van der Waals surface area contributed by atoms with Gasteiger partial charge in [0.25, 0.3) is 5.91 Å². The summed E-state index contributed by atoms with van der Waals surface area (Å²) in [6.07, 6.45) is 6.17. The molecule has 0 N–H and O–H groups in total. The molecule has 2 aliphatic rings. The molecule has 0 saturated carbocycles. The highest BCUT2D eigenvalue weighted by molar-refractivity contribution is 5.94. The van der Waals surface area contributed by atoms with Gasteiger partial charge in [0.15, 0.2) is 0 Å². The Morgan fingerprint density at radius 3 is 2.36 bits per heavy atom. The Morgan fingerprint density at radius 2 is 1.60 bits per heavy atom. The molecule has 136 valence electrons. The molecule has 1 aliphatic heterocycles. The largest absolute Gasteiger partial charge is 0.341 e. The van der Waals surface area contributed by atoms with E-state index in [0.29, 0.717) is 25.4 Å². The van der Waals surface area contributed by atoms with Crippen molar-refractivity contribution in [3.63, 3.8) is 0 Å². The van der Waals surface area contributed by atoms with E-state index in [9.17, 15) is 9.59 Å². The Bertz CT molecular complexity index is 639. The van der Waals surface area contributed by atoms with E-state index in [1.54, 1.807) is 0 Å². The van der Waals surface area contributed by atoms with Crippen LogP contribution < -0.4 is 0 Å². The Morgan fingerprint density at radius 1 is 0.920 bits per heavy atom. The summed E-state index contributed by atoms with van der Waals surface area (Å²) in [7, 11) is 0. The van der Waals surface area contributed by atoms with Gasteiger partial charge >= 0.3 is 0 Å². The van der Waals surface area contributed by atoms with Gasteiger partial charge in [-0.15, -0.1) is 0 Å². The van der Waals surface area contributed by atoms with Gasteiger partial charge in [0.2, 0.25) is 5.91 Å². The van der Waals surface area contributed by atoms with Crippen molar-refractivity contribution in [3.8, 4) is 0 Å². The molecule has 0 atom stereocenters. The predicted octanol–water partition coefficient (Wildman–Crippen LogP) is 3.29. The number of carbonyl (C=O) groups is 2. The number of aryl methyl sites for hydroxylation is 2. The second-order valence-corrected chi connectivity index (χ2v) is 7.82. The van der Waals surface area contributed by atoms with Crippen molar-refractivity contribution in [2.24, 2.45) is 5.92 Å². The minimum absolute atomic E-state index is 0.117. The van der Waals surface area contributed by atoms with Crippen molar-refractivity contribution in [3.05, 3.63) is 34.9 Å². The summed E-state index contributed by atoms with van der Waals surface area (Å²) in [4.78, 5) is 29.1. The van der Waals surface area contributed by atoms with Crippen molar-refractivity contribution in [1.29, 1.82) is 0 Å². The first-order valence-corrected chi connectivity index (χ1v) is 9.73. The summed E-state index contributed by atoms with van der Waals surface area (Å²) in [5.41, 5.74) is 3.56. The third-order valence-electron chi connectivity index (χ3n) is 5.31. The maximum Gasteiger partial charge on any atom is 0.253 e. The fourth-order valence-electron chi connectivity index (χ4n) is 3.90. The number of hydrogen-bond donors (Lipinski definition) is 0. The topological polar surface area (TPSA) is 40.6 Å². The van der Waals surface area contributed by atoms with Gasteiger partial charge in [-0.05, 0) is 61.3 Å². The van der Waals surface area contributed by atoms with Crippen LogP contribution in [0.25, 0.3) is 0 Å². The van der Waals surface area contributed by atoms with Gasteiger partial charge < -0.3 is 9.80 Å². The average molecular weight is 342 g/mol. The lowest BCUT2D eigenvalue weighted by Gasteiger charge is -2.23. The molecule has 2 amide bonds. The zero-order valence-electron chi connectivity index (χ0n) is 15.6. The molecule has 1 fully saturated rings. The highest BCUT2D eigenvalue weighted by Gasteiger charge is 2.23. The lowest BCUT2D eigenvalue weighted by Crippen LogP contribution is -2.37. The Labute approximate surface area is 151 Å². The molecule has 0 radical (unpaired) electrons. The van der Waals surface area contributed by atoms with Crippen molar-refractivity contribution in [2.45, 2.75) is 52.4 Å². The lowest BCUT2D eigenvalue weighted by atomic mass is 9.90. The molecule has 4 heteroatoms. The van der Waals surface area contributed by atoms with Crippen LogP contribution in [0.5, 0.6) is 0 Å². The summed E-state index contributed by atoms with van der Waals surface area (Å²) >= 11 is 0. The van der Waals surface area contributed by atoms with Gasteiger partial charge in [0.05, 0.1) is 0 Å². The van der Waals surface area contributed by atoms with Crippen LogP contribution in [0.15, 0.2) is 18.2 Å². The first-order valence-electron chi connectivity index (χ1n) is 9.73. The van der Waals surface area contributed by atoms with Crippen molar-refractivity contribution >= 4 is 11.8 Å². The normalized spacial score (nSPS) is 18.0. The molecule has 1 aromatic rings. The van der Waals surface area contributed by atoms with E-state index < -0.39 is 0 Å². The van der Waals surface area contributed by atoms with Gasteiger partial charge in [-0.3, -0.25) is 9.59 Å².